The molecule has 0 aliphatic heterocycles. The molecule has 0 N–H and O–H groups in total. The zero-order valence-electron chi connectivity index (χ0n) is 46.9. The van der Waals surface area contributed by atoms with Gasteiger partial charge in [0.25, 0.3) is 0 Å². The highest BCUT2D eigenvalue weighted by Crippen LogP contribution is 2.19. The molecule has 6 heteroatoms. The average molecular weight is 962 g/mol. The molecule has 0 aromatic carbocycles. The molecule has 0 saturated carbocycles. The van der Waals surface area contributed by atoms with E-state index in [4.69, 9.17) is 14.2 Å². The van der Waals surface area contributed by atoms with Crippen LogP contribution in [-0.4, -0.2) is 37.2 Å². The summed E-state index contributed by atoms with van der Waals surface area (Å²) in [5, 5.41) is 0. The van der Waals surface area contributed by atoms with Crippen LogP contribution in [0.2, 0.25) is 0 Å². The highest BCUT2D eigenvalue weighted by Gasteiger charge is 2.19. The largest absolute Gasteiger partial charge is 0.462 e. The van der Waals surface area contributed by atoms with Gasteiger partial charge in [0.05, 0.1) is 0 Å². The Morgan fingerprint density at radius 2 is 0.515 bits per heavy atom. The number of carbonyl (C=O) groups excluding carboxylic acids is 3. The van der Waals surface area contributed by atoms with Gasteiger partial charge in [0.1, 0.15) is 13.2 Å². The van der Waals surface area contributed by atoms with Crippen molar-refractivity contribution < 1.29 is 28.6 Å². The van der Waals surface area contributed by atoms with Crippen molar-refractivity contribution in [2.24, 2.45) is 17.8 Å². The maximum Gasteiger partial charge on any atom is 0.306 e. The van der Waals surface area contributed by atoms with Crippen LogP contribution >= 0.6 is 0 Å². The first-order valence-corrected chi connectivity index (χ1v) is 30.7. The number of unbranched alkanes of at least 4 members (excludes halogenated alkanes) is 36. The Bertz CT molecular complexity index is 1060. The topological polar surface area (TPSA) is 78.9 Å². The van der Waals surface area contributed by atoms with Gasteiger partial charge >= 0.3 is 17.9 Å². The Kier molecular flexibility index (Phi) is 52.0. The van der Waals surface area contributed by atoms with Gasteiger partial charge in [0.2, 0.25) is 0 Å². The molecule has 0 spiro atoms. The van der Waals surface area contributed by atoms with Crippen molar-refractivity contribution in [1.82, 2.24) is 0 Å². The number of ether oxygens (including phenoxy) is 3. The molecule has 3 atom stereocenters. The van der Waals surface area contributed by atoms with Gasteiger partial charge in [-0.1, -0.05) is 305 Å². The SMILES string of the molecule is CCC(C)CCCCCCCCCCCCCCCCCCCCC(=O)OC[C@@H](COC(=O)CCCCCCCCCCCCCCCC(C)C)OC(=O)CCCCCCCCCCC(C)CC. The zero-order valence-corrected chi connectivity index (χ0v) is 46.9. The molecule has 0 bridgehead atoms. The molecule has 0 amide bonds. The maximum atomic E-state index is 12.8. The Labute approximate surface area is 425 Å². The third-order valence-electron chi connectivity index (χ3n) is 14.9. The van der Waals surface area contributed by atoms with Crippen molar-refractivity contribution in [3.63, 3.8) is 0 Å². The lowest BCUT2D eigenvalue weighted by atomic mass is 9.99. The zero-order chi connectivity index (χ0) is 49.8. The molecule has 404 valence electrons. The van der Waals surface area contributed by atoms with E-state index in [-0.39, 0.29) is 31.1 Å². The van der Waals surface area contributed by atoms with Crippen molar-refractivity contribution in [3.05, 3.63) is 0 Å². The van der Waals surface area contributed by atoms with Crippen molar-refractivity contribution in [2.45, 2.75) is 349 Å². The van der Waals surface area contributed by atoms with E-state index in [1.807, 2.05) is 0 Å². The summed E-state index contributed by atoms with van der Waals surface area (Å²) in [4.78, 5) is 38.2. The number of rotatable bonds is 55. The minimum Gasteiger partial charge on any atom is -0.462 e. The minimum absolute atomic E-state index is 0.0636. The maximum absolute atomic E-state index is 12.8. The Hall–Kier alpha value is -1.59. The lowest BCUT2D eigenvalue weighted by Gasteiger charge is -2.18. The summed E-state index contributed by atoms with van der Waals surface area (Å²) in [6.07, 6.45) is 56.6. The minimum atomic E-state index is -0.764. The van der Waals surface area contributed by atoms with Gasteiger partial charge in [-0.15, -0.1) is 0 Å². The van der Waals surface area contributed by atoms with E-state index in [9.17, 15) is 14.4 Å². The molecule has 2 unspecified atom stereocenters. The Balaban J connectivity index is 4.23. The predicted octanol–water partition coefficient (Wildman–Crippen LogP) is 20.3. The number of hydrogen-bond donors (Lipinski definition) is 0. The van der Waals surface area contributed by atoms with Crippen LogP contribution in [0.25, 0.3) is 0 Å². The van der Waals surface area contributed by atoms with Crippen LogP contribution in [0, 0.1) is 17.8 Å². The normalized spacial score (nSPS) is 12.9. The summed E-state index contributed by atoms with van der Waals surface area (Å²) in [6, 6.07) is 0. The first kappa shape index (κ1) is 66.4. The van der Waals surface area contributed by atoms with Crippen LogP contribution < -0.4 is 0 Å². The summed E-state index contributed by atoms with van der Waals surface area (Å²) in [5.74, 6) is 1.75. The standard InChI is InChI=1S/C62H120O6/c1-7-57(5)49-43-37-31-25-21-17-13-11-9-10-12-14-18-22-26-33-39-45-51-60(63)66-54-59(68-62(65)53-47-41-35-29-28-32-38-44-50-58(6)8-2)55-67-61(64)52-46-40-34-27-23-19-15-16-20-24-30-36-42-48-56(3)4/h56-59H,7-55H2,1-6H3/t57?,58?,59-/m0/s1. The summed E-state index contributed by atoms with van der Waals surface area (Å²) in [5.41, 5.74) is 0. The van der Waals surface area contributed by atoms with Crippen LogP contribution in [0.15, 0.2) is 0 Å². The molecule has 0 heterocycles. The van der Waals surface area contributed by atoms with E-state index < -0.39 is 6.10 Å². The average Bonchev–Trinajstić information content (AvgIpc) is 3.33. The van der Waals surface area contributed by atoms with E-state index >= 15 is 0 Å². The van der Waals surface area contributed by atoms with E-state index in [2.05, 4.69) is 41.5 Å². The molecule has 0 aliphatic carbocycles. The van der Waals surface area contributed by atoms with Crippen molar-refractivity contribution >= 4 is 17.9 Å². The van der Waals surface area contributed by atoms with Crippen LogP contribution in [0.5, 0.6) is 0 Å². The predicted molar refractivity (Wildman–Crippen MR) is 293 cm³/mol. The second-order valence-electron chi connectivity index (χ2n) is 22.3. The fourth-order valence-corrected chi connectivity index (χ4v) is 9.47. The quantitative estimate of drug-likeness (QED) is 0.0343. The molecule has 0 aliphatic rings. The lowest BCUT2D eigenvalue weighted by molar-refractivity contribution is -0.167. The van der Waals surface area contributed by atoms with Crippen LogP contribution in [-0.2, 0) is 28.6 Å². The summed E-state index contributed by atoms with van der Waals surface area (Å²) >= 11 is 0. The van der Waals surface area contributed by atoms with Crippen molar-refractivity contribution in [1.29, 1.82) is 0 Å². The smallest absolute Gasteiger partial charge is 0.306 e. The molecule has 0 aromatic heterocycles. The van der Waals surface area contributed by atoms with E-state index in [0.717, 1.165) is 75.5 Å². The van der Waals surface area contributed by atoms with E-state index in [1.54, 1.807) is 0 Å². The second kappa shape index (κ2) is 53.2. The number of esters is 3. The highest BCUT2D eigenvalue weighted by molar-refractivity contribution is 5.71. The van der Waals surface area contributed by atoms with E-state index in [0.29, 0.717) is 19.3 Å². The highest BCUT2D eigenvalue weighted by atomic mass is 16.6. The van der Waals surface area contributed by atoms with Gasteiger partial charge in [-0.25, -0.2) is 0 Å². The third-order valence-corrected chi connectivity index (χ3v) is 14.9. The summed E-state index contributed by atoms with van der Waals surface area (Å²) in [6.45, 7) is 13.8. The fraction of sp³-hybridized carbons (Fsp3) is 0.952. The van der Waals surface area contributed by atoms with Crippen molar-refractivity contribution in [3.8, 4) is 0 Å². The molecular weight excluding hydrogens is 841 g/mol. The molecule has 0 saturated heterocycles. The molecule has 0 radical (unpaired) electrons. The Morgan fingerprint density at radius 3 is 0.765 bits per heavy atom. The third kappa shape index (κ3) is 52.2. The van der Waals surface area contributed by atoms with Gasteiger partial charge in [0, 0.05) is 19.3 Å². The molecule has 0 aromatic rings. The Morgan fingerprint density at radius 1 is 0.294 bits per heavy atom. The van der Waals surface area contributed by atoms with Crippen LogP contribution in [0.4, 0.5) is 0 Å². The molecular formula is C62H120O6. The number of hydrogen-bond acceptors (Lipinski definition) is 6. The summed E-state index contributed by atoms with van der Waals surface area (Å²) in [7, 11) is 0. The molecule has 68 heavy (non-hydrogen) atoms. The molecule has 0 fully saturated rings. The van der Waals surface area contributed by atoms with Crippen molar-refractivity contribution in [2.75, 3.05) is 13.2 Å². The fourth-order valence-electron chi connectivity index (χ4n) is 9.47. The second-order valence-corrected chi connectivity index (χ2v) is 22.3. The lowest BCUT2D eigenvalue weighted by Crippen LogP contribution is -2.30. The van der Waals surface area contributed by atoms with Gasteiger partial charge in [-0.2, -0.15) is 0 Å². The number of carbonyl (C=O) groups is 3. The van der Waals surface area contributed by atoms with Gasteiger partial charge < -0.3 is 14.2 Å². The van der Waals surface area contributed by atoms with Gasteiger partial charge in [-0.3, -0.25) is 14.4 Å². The summed E-state index contributed by atoms with van der Waals surface area (Å²) < 4.78 is 16.9. The monoisotopic (exact) mass is 961 g/mol. The molecule has 0 rings (SSSR count). The van der Waals surface area contributed by atoms with Gasteiger partial charge in [-0.05, 0) is 37.0 Å². The first-order valence-electron chi connectivity index (χ1n) is 30.7. The van der Waals surface area contributed by atoms with Gasteiger partial charge in [0.15, 0.2) is 6.10 Å². The van der Waals surface area contributed by atoms with Crippen LogP contribution in [0.3, 0.4) is 0 Å². The van der Waals surface area contributed by atoms with E-state index in [1.165, 1.54) is 225 Å². The molecule has 6 nitrogen and oxygen atoms in total. The van der Waals surface area contributed by atoms with Crippen LogP contribution in [0.1, 0.15) is 343 Å². The first-order chi connectivity index (χ1) is 33.2.